The monoisotopic (exact) mass is 503 g/mol. The van der Waals surface area contributed by atoms with Gasteiger partial charge in [0, 0.05) is 37.3 Å². The Morgan fingerprint density at radius 1 is 1.00 bits per heavy atom. The average Bonchev–Trinajstić information content (AvgIpc) is 3.00. The summed E-state index contributed by atoms with van der Waals surface area (Å²) in [4.78, 5) is 18.0. The maximum absolute atomic E-state index is 13.0. The summed E-state index contributed by atoms with van der Waals surface area (Å²) in [6.07, 6.45) is 3.85. The van der Waals surface area contributed by atoms with Crippen molar-refractivity contribution >= 4 is 37.5 Å². The number of hydrogen-bond donors (Lipinski definition) is 0. The van der Waals surface area contributed by atoms with Gasteiger partial charge < -0.3 is 14.0 Å². The van der Waals surface area contributed by atoms with Crippen LogP contribution in [-0.4, -0.2) is 50.5 Å². The highest BCUT2D eigenvalue weighted by Crippen LogP contribution is 2.33. The standard InChI is InChI=1S/C24H29N3O5S2/c1-4-27-19-15-20(31-2)21(32-3)16-22(19)33-24(27)25-23(28)17-9-11-18(12-10-17)34(29,30)26-13-7-5-6-8-14-26/h9-12,15-16H,4-8,13-14H2,1-3H3. The van der Waals surface area contributed by atoms with E-state index in [0.29, 0.717) is 41.5 Å². The molecule has 2 aromatic carbocycles. The van der Waals surface area contributed by atoms with E-state index in [0.717, 1.165) is 35.9 Å². The molecule has 0 saturated carbocycles. The van der Waals surface area contributed by atoms with Gasteiger partial charge in [-0.15, -0.1) is 0 Å². The number of nitrogens with zero attached hydrogens (tertiary/aromatic N) is 3. The third-order valence-corrected chi connectivity index (χ3v) is 8.96. The molecule has 1 aliphatic rings. The van der Waals surface area contributed by atoms with E-state index in [1.807, 2.05) is 23.6 Å². The molecule has 1 aliphatic heterocycles. The Morgan fingerprint density at radius 2 is 1.62 bits per heavy atom. The number of thiazole rings is 1. The first kappa shape index (κ1) is 24.4. The Labute approximate surface area is 203 Å². The number of carbonyl (C=O) groups is 1. The first-order valence-corrected chi connectivity index (χ1v) is 13.6. The van der Waals surface area contributed by atoms with Gasteiger partial charge in [0.15, 0.2) is 16.3 Å². The summed E-state index contributed by atoms with van der Waals surface area (Å²) in [6, 6.07) is 9.81. The molecule has 3 aromatic rings. The van der Waals surface area contributed by atoms with Crippen LogP contribution in [0, 0.1) is 0 Å². The fourth-order valence-corrected chi connectivity index (χ4v) is 6.76. The first-order valence-electron chi connectivity index (χ1n) is 11.3. The van der Waals surface area contributed by atoms with Gasteiger partial charge in [0.2, 0.25) is 10.0 Å². The van der Waals surface area contributed by atoms with E-state index in [1.54, 1.807) is 18.5 Å². The molecule has 0 unspecified atom stereocenters. The molecule has 0 aliphatic carbocycles. The fraction of sp³-hybridized carbons (Fsp3) is 0.417. The summed E-state index contributed by atoms with van der Waals surface area (Å²) in [5.41, 5.74) is 1.24. The van der Waals surface area contributed by atoms with Crippen molar-refractivity contribution in [3.63, 3.8) is 0 Å². The van der Waals surface area contributed by atoms with Crippen molar-refractivity contribution in [1.29, 1.82) is 0 Å². The van der Waals surface area contributed by atoms with Gasteiger partial charge in [-0.2, -0.15) is 9.30 Å². The molecule has 4 rings (SSSR count). The number of rotatable bonds is 6. The summed E-state index contributed by atoms with van der Waals surface area (Å²) in [5, 5.41) is 0. The van der Waals surface area contributed by atoms with Crippen molar-refractivity contribution in [2.75, 3.05) is 27.3 Å². The van der Waals surface area contributed by atoms with Gasteiger partial charge >= 0.3 is 0 Å². The minimum atomic E-state index is -3.56. The second-order valence-corrected chi connectivity index (χ2v) is 11.0. The lowest BCUT2D eigenvalue weighted by atomic mass is 10.2. The van der Waals surface area contributed by atoms with Crippen LogP contribution < -0.4 is 14.3 Å². The van der Waals surface area contributed by atoms with Crippen molar-refractivity contribution in [3.8, 4) is 11.5 Å². The Kier molecular flexibility index (Phi) is 7.39. The molecule has 0 N–H and O–H groups in total. The first-order chi connectivity index (χ1) is 16.4. The topological polar surface area (TPSA) is 90.2 Å². The van der Waals surface area contributed by atoms with E-state index in [-0.39, 0.29) is 4.90 Å². The van der Waals surface area contributed by atoms with Crippen LogP contribution in [0.15, 0.2) is 46.3 Å². The highest BCUT2D eigenvalue weighted by Gasteiger charge is 2.25. The van der Waals surface area contributed by atoms with Crippen LogP contribution in [0.5, 0.6) is 11.5 Å². The van der Waals surface area contributed by atoms with Crippen molar-refractivity contribution < 1.29 is 22.7 Å². The minimum Gasteiger partial charge on any atom is -0.493 e. The SMILES string of the molecule is CCn1c(=NC(=O)c2ccc(S(=O)(=O)N3CCCCCC3)cc2)sc2cc(OC)c(OC)cc21. The van der Waals surface area contributed by atoms with Crippen molar-refractivity contribution in [2.24, 2.45) is 4.99 Å². The molecule has 10 heteroatoms. The maximum atomic E-state index is 13.0. The number of sulfonamides is 1. The van der Waals surface area contributed by atoms with E-state index in [1.165, 1.54) is 35.6 Å². The number of ether oxygens (including phenoxy) is 2. The van der Waals surface area contributed by atoms with Gasteiger partial charge in [-0.3, -0.25) is 4.79 Å². The van der Waals surface area contributed by atoms with E-state index in [2.05, 4.69) is 4.99 Å². The van der Waals surface area contributed by atoms with Gasteiger partial charge in [-0.25, -0.2) is 8.42 Å². The summed E-state index contributed by atoms with van der Waals surface area (Å²) in [7, 11) is -0.401. The van der Waals surface area contributed by atoms with Crippen LogP contribution in [0.1, 0.15) is 43.0 Å². The van der Waals surface area contributed by atoms with Gasteiger partial charge in [0.05, 0.1) is 29.3 Å². The molecule has 2 heterocycles. The van der Waals surface area contributed by atoms with Crippen LogP contribution in [0.3, 0.4) is 0 Å². The lowest BCUT2D eigenvalue weighted by Crippen LogP contribution is -2.31. The molecule has 1 amide bonds. The predicted molar refractivity (Wildman–Crippen MR) is 132 cm³/mol. The molecular formula is C24H29N3O5S2. The zero-order chi connectivity index (χ0) is 24.3. The number of aromatic nitrogens is 1. The minimum absolute atomic E-state index is 0.204. The normalized spacial score (nSPS) is 15.9. The number of aryl methyl sites for hydroxylation is 1. The Bertz CT molecular complexity index is 1350. The van der Waals surface area contributed by atoms with Crippen LogP contribution in [0.4, 0.5) is 0 Å². The molecule has 0 radical (unpaired) electrons. The Hall–Kier alpha value is -2.69. The highest BCUT2D eigenvalue weighted by molar-refractivity contribution is 7.89. The summed E-state index contributed by atoms with van der Waals surface area (Å²) < 4.78 is 41.2. The van der Waals surface area contributed by atoms with Crippen molar-refractivity contribution in [2.45, 2.75) is 44.0 Å². The maximum Gasteiger partial charge on any atom is 0.279 e. The van der Waals surface area contributed by atoms with E-state index in [4.69, 9.17) is 9.47 Å². The largest absolute Gasteiger partial charge is 0.493 e. The van der Waals surface area contributed by atoms with Crippen LogP contribution in [0.2, 0.25) is 0 Å². The lowest BCUT2D eigenvalue weighted by Gasteiger charge is -2.19. The van der Waals surface area contributed by atoms with Crippen LogP contribution >= 0.6 is 11.3 Å². The second kappa shape index (κ2) is 10.3. The van der Waals surface area contributed by atoms with Crippen molar-refractivity contribution in [3.05, 3.63) is 46.8 Å². The number of benzene rings is 2. The molecule has 0 spiro atoms. The van der Waals surface area contributed by atoms with Gasteiger partial charge in [-0.1, -0.05) is 24.2 Å². The number of carbonyl (C=O) groups excluding carboxylic acids is 1. The van der Waals surface area contributed by atoms with Crippen LogP contribution in [0.25, 0.3) is 10.2 Å². The van der Waals surface area contributed by atoms with Gasteiger partial charge in [0.1, 0.15) is 0 Å². The Balaban J connectivity index is 1.65. The molecule has 0 bridgehead atoms. The smallest absolute Gasteiger partial charge is 0.279 e. The third-order valence-electron chi connectivity index (χ3n) is 6.01. The molecule has 182 valence electrons. The molecular weight excluding hydrogens is 474 g/mol. The van der Waals surface area contributed by atoms with Gasteiger partial charge in [0.25, 0.3) is 5.91 Å². The van der Waals surface area contributed by atoms with Crippen molar-refractivity contribution in [1.82, 2.24) is 8.87 Å². The molecule has 8 nitrogen and oxygen atoms in total. The quantitative estimate of drug-likeness (QED) is 0.506. The van der Waals surface area contributed by atoms with E-state index >= 15 is 0 Å². The molecule has 34 heavy (non-hydrogen) atoms. The third kappa shape index (κ3) is 4.75. The van der Waals surface area contributed by atoms with E-state index in [9.17, 15) is 13.2 Å². The highest BCUT2D eigenvalue weighted by atomic mass is 32.2. The summed E-state index contributed by atoms with van der Waals surface area (Å²) >= 11 is 1.39. The van der Waals surface area contributed by atoms with E-state index < -0.39 is 15.9 Å². The summed E-state index contributed by atoms with van der Waals surface area (Å²) in [5.74, 6) is 0.791. The lowest BCUT2D eigenvalue weighted by molar-refractivity contribution is 0.0997. The molecule has 1 aromatic heterocycles. The summed E-state index contributed by atoms with van der Waals surface area (Å²) in [6.45, 7) is 3.68. The fourth-order valence-electron chi connectivity index (χ4n) is 4.14. The number of amides is 1. The zero-order valence-corrected chi connectivity index (χ0v) is 21.2. The molecule has 1 fully saturated rings. The number of hydrogen-bond acceptors (Lipinski definition) is 6. The van der Waals surface area contributed by atoms with Gasteiger partial charge in [-0.05, 0) is 44.0 Å². The predicted octanol–water partition coefficient (Wildman–Crippen LogP) is 4.05. The second-order valence-electron chi connectivity index (χ2n) is 8.06. The average molecular weight is 504 g/mol. The molecule has 1 saturated heterocycles. The Morgan fingerprint density at radius 3 is 2.21 bits per heavy atom. The zero-order valence-electron chi connectivity index (χ0n) is 19.6. The number of methoxy groups -OCH3 is 2. The van der Waals surface area contributed by atoms with Crippen LogP contribution in [-0.2, 0) is 16.6 Å². The molecule has 0 atom stereocenters. The number of fused-ring (bicyclic) bond motifs is 1.